The normalized spacial score (nSPS) is 23.6. The molecular weight excluding hydrogens is 708 g/mol. The van der Waals surface area contributed by atoms with Gasteiger partial charge in [-0.25, -0.2) is 13.2 Å². The monoisotopic (exact) mass is 745 g/mol. The number of likely N-dealkylation sites (tertiary alicyclic amines) is 1. The SMILES string of the molecule is CC(C)C(=O)N1CC[C@](C)(N(C)c2nc(OC[C@@]34CCCN3C[C@H](F)C4)nc3c(F)c(-c4ccc(F)c5sc(N)c(C#N)c45)c(C(F)(F)F)cc23)C1. The maximum Gasteiger partial charge on any atom is 0.417 e. The summed E-state index contributed by atoms with van der Waals surface area (Å²) >= 11 is 0.679. The van der Waals surface area contributed by atoms with Crippen molar-refractivity contribution in [1.82, 2.24) is 19.8 Å². The number of amides is 1. The number of halogens is 6. The van der Waals surface area contributed by atoms with Gasteiger partial charge in [0.15, 0.2) is 5.82 Å². The Morgan fingerprint density at radius 2 is 1.98 bits per heavy atom. The molecule has 2 N–H and O–H groups in total. The first-order valence-corrected chi connectivity index (χ1v) is 17.9. The van der Waals surface area contributed by atoms with Gasteiger partial charge in [-0.3, -0.25) is 9.69 Å². The predicted octanol–water partition coefficient (Wildman–Crippen LogP) is 7.30. The number of nitrogen functional groups attached to an aromatic ring is 1. The maximum absolute atomic E-state index is 17.2. The van der Waals surface area contributed by atoms with Gasteiger partial charge >= 0.3 is 12.2 Å². The Labute approximate surface area is 299 Å². The van der Waals surface area contributed by atoms with Crippen LogP contribution in [-0.2, 0) is 11.0 Å². The van der Waals surface area contributed by atoms with Gasteiger partial charge in [-0.05, 0) is 50.4 Å². The third kappa shape index (κ3) is 5.76. The molecule has 0 saturated carbocycles. The topological polar surface area (TPSA) is 112 Å². The molecule has 0 spiro atoms. The van der Waals surface area contributed by atoms with Crippen molar-refractivity contribution in [2.24, 2.45) is 5.92 Å². The van der Waals surface area contributed by atoms with E-state index < -0.39 is 51.7 Å². The summed E-state index contributed by atoms with van der Waals surface area (Å²) < 4.78 is 97.9. The number of nitriles is 1. The molecular formula is C36H37F6N7O2S. The number of aromatic nitrogens is 2. The van der Waals surface area contributed by atoms with Crippen molar-refractivity contribution < 1.29 is 35.9 Å². The van der Waals surface area contributed by atoms with Crippen molar-refractivity contribution in [3.05, 3.63) is 41.0 Å². The average Bonchev–Trinajstić information content (AvgIpc) is 3.84. The number of anilines is 2. The molecule has 1 amide bonds. The fourth-order valence-corrected chi connectivity index (χ4v) is 9.13. The van der Waals surface area contributed by atoms with Crippen molar-refractivity contribution in [3.63, 3.8) is 0 Å². The fourth-order valence-electron chi connectivity index (χ4n) is 8.18. The van der Waals surface area contributed by atoms with E-state index in [2.05, 4.69) is 9.97 Å². The van der Waals surface area contributed by atoms with Crippen LogP contribution in [0.1, 0.15) is 57.6 Å². The standard InChI is InChI=1S/C36H37F6N7O2S/c1-18(2)32(50)48-11-9-34(3,16-48)47(4)31-21-12-23(36(40,41)42)26(20-6-7-24(38)29-25(20)22(14-43)30(44)52-29)27(39)28(21)45-33(46-31)51-17-35-8-5-10-49(35)15-19(37)13-35/h6-7,12,18-19H,5,8-11,13,15-17,44H2,1-4H3/t19-,34+,35+/m1/s1. The molecule has 7 rings (SSSR count). The molecule has 52 heavy (non-hydrogen) atoms. The molecule has 3 aliphatic heterocycles. The van der Waals surface area contributed by atoms with Gasteiger partial charge in [0, 0.05) is 55.4 Å². The molecule has 3 fully saturated rings. The number of carbonyl (C=O) groups is 1. The molecule has 3 aliphatic rings. The van der Waals surface area contributed by atoms with E-state index in [4.69, 9.17) is 10.5 Å². The highest BCUT2D eigenvalue weighted by Gasteiger charge is 2.50. The van der Waals surface area contributed by atoms with Crippen LogP contribution in [-0.4, -0.2) is 82.8 Å². The van der Waals surface area contributed by atoms with E-state index in [0.29, 0.717) is 37.3 Å². The summed E-state index contributed by atoms with van der Waals surface area (Å²) in [4.78, 5) is 27.2. The van der Waals surface area contributed by atoms with E-state index in [1.165, 1.54) is 0 Å². The predicted molar refractivity (Wildman–Crippen MR) is 186 cm³/mol. The number of alkyl halides is 4. The summed E-state index contributed by atoms with van der Waals surface area (Å²) in [6, 6.07) is 4.17. The third-order valence-corrected chi connectivity index (χ3v) is 12.0. The summed E-state index contributed by atoms with van der Waals surface area (Å²) in [5.74, 6) is -2.63. The largest absolute Gasteiger partial charge is 0.461 e. The summed E-state index contributed by atoms with van der Waals surface area (Å²) in [5.41, 5.74) is 1.04. The Balaban J connectivity index is 1.45. The van der Waals surface area contributed by atoms with Gasteiger partial charge < -0.3 is 20.3 Å². The van der Waals surface area contributed by atoms with Gasteiger partial charge in [0.25, 0.3) is 0 Å². The van der Waals surface area contributed by atoms with Crippen molar-refractivity contribution >= 4 is 49.1 Å². The number of benzene rings is 2. The molecule has 0 unspecified atom stereocenters. The molecule has 0 aliphatic carbocycles. The fraction of sp³-hybridized carbons (Fsp3) is 0.500. The third-order valence-electron chi connectivity index (χ3n) is 11.0. The molecule has 5 heterocycles. The number of nitrogens with zero attached hydrogens (tertiary/aromatic N) is 6. The Hall–Kier alpha value is -4.36. The summed E-state index contributed by atoms with van der Waals surface area (Å²) in [7, 11) is 1.62. The average molecular weight is 746 g/mol. The number of thiophene rings is 1. The highest BCUT2D eigenvalue weighted by molar-refractivity contribution is 7.23. The quantitative estimate of drug-likeness (QED) is 0.196. The van der Waals surface area contributed by atoms with E-state index in [1.54, 1.807) is 30.7 Å². The van der Waals surface area contributed by atoms with Gasteiger partial charge in [0.2, 0.25) is 5.91 Å². The van der Waals surface area contributed by atoms with Crippen LogP contribution in [0.4, 0.5) is 37.2 Å². The van der Waals surface area contributed by atoms with E-state index in [0.717, 1.165) is 24.6 Å². The highest BCUT2D eigenvalue weighted by atomic mass is 32.1. The Morgan fingerprint density at radius 3 is 2.67 bits per heavy atom. The zero-order valence-corrected chi connectivity index (χ0v) is 29.8. The lowest BCUT2D eigenvalue weighted by Crippen LogP contribution is -2.48. The molecule has 3 saturated heterocycles. The van der Waals surface area contributed by atoms with Crippen LogP contribution >= 0.6 is 11.3 Å². The van der Waals surface area contributed by atoms with Crippen LogP contribution in [0.15, 0.2) is 18.2 Å². The molecule has 9 nitrogen and oxygen atoms in total. The van der Waals surface area contributed by atoms with E-state index in [-0.39, 0.29) is 81.4 Å². The summed E-state index contributed by atoms with van der Waals surface area (Å²) in [5, 5.41) is 9.22. The van der Waals surface area contributed by atoms with E-state index in [1.807, 2.05) is 17.9 Å². The molecule has 4 aromatic rings. The number of likely N-dealkylation sites (N-methyl/N-ethyl adjacent to an activating group) is 1. The zero-order chi connectivity index (χ0) is 37.5. The first kappa shape index (κ1) is 36.0. The zero-order valence-electron chi connectivity index (χ0n) is 29.0. The minimum Gasteiger partial charge on any atom is -0.461 e. The Bertz CT molecular complexity index is 2150. The minimum absolute atomic E-state index is 0.0244. The highest BCUT2D eigenvalue weighted by Crippen LogP contribution is 2.49. The van der Waals surface area contributed by atoms with E-state index in [9.17, 15) is 18.8 Å². The number of rotatable bonds is 7. The molecule has 276 valence electrons. The molecule has 0 radical (unpaired) electrons. The van der Waals surface area contributed by atoms with E-state index >= 15 is 17.6 Å². The van der Waals surface area contributed by atoms with Crippen LogP contribution in [0.3, 0.4) is 0 Å². The minimum atomic E-state index is -5.13. The number of hydrogen-bond acceptors (Lipinski definition) is 9. The second kappa shape index (κ2) is 12.6. The molecule has 3 atom stereocenters. The lowest BCUT2D eigenvalue weighted by Gasteiger charge is -2.37. The summed E-state index contributed by atoms with van der Waals surface area (Å²) in [6.07, 6.45) is -4.03. The van der Waals surface area contributed by atoms with Crippen molar-refractivity contribution in [2.75, 3.05) is 50.5 Å². The van der Waals surface area contributed by atoms with Crippen LogP contribution in [0, 0.1) is 28.9 Å². The van der Waals surface area contributed by atoms with Crippen molar-refractivity contribution in [3.8, 4) is 23.2 Å². The Morgan fingerprint density at radius 1 is 1.23 bits per heavy atom. The first-order valence-electron chi connectivity index (χ1n) is 17.0. The van der Waals surface area contributed by atoms with Crippen molar-refractivity contribution in [2.45, 2.75) is 69.9 Å². The molecule has 2 aromatic heterocycles. The molecule has 2 aromatic carbocycles. The van der Waals surface area contributed by atoms with Gasteiger partial charge in [-0.2, -0.15) is 28.4 Å². The number of nitrogens with two attached hydrogens (primary N) is 1. The molecule has 16 heteroatoms. The van der Waals surface area contributed by atoms with Crippen LogP contribution in [0.2, 0.25) is 0 Å². The van der Waals surface area contributed by atoms with Crippen LogP contribution in [0.25, 0.3) is 32.1 Å². The number of fused-ring (bicyclic) bond motifs is 3. The number of carbonyl (C=O) groups excluding carboxylic acids is 1. The first-order chi connectivity index (χ1) is 24.5. The maximum atomic E-state index is 17.2. The molecule has 0 bridgehead atoms. The van der Waals surface area contributed by atoms with Gasteiger partial charge in [0.1, 0.15) is 41.0 Å². The lowest BCUT2D eigenvalue weighted by atomic mass is 9.92. The second-order valence-corrected chi connectivity index (χ2v) is 15.7. The van der Waals surface area contributed by atoms with Gasteiger partial charge in [-0.15, -0.1) is 11.3 Å². The van der Waals surface area contributed by atoms with Gasteiger partial charge in [0.05, 0.1) is 26.9 Å². The van der Waals surface area contributed by atoms with Crippen molar-refractivity contribution in [1.29, 1.82) is 5.26 Å². The lowest BCUT2D eigenvalue weighted by molar-refractivity contribution is -0.137. The van der Waals surface area contributed by atoms with Gasteiger partial charge in [-0.1, -0.05) is 19.9 Å². The smallest absolute Gasteiger partial charge is 0.417 e. The number of hydrogen-bond donors (Lipinski definition) is 1. The van der Waals surface area contributed by atoms with Crippen LogP contribution in [0.5, 0.6) is 6.01 Å². The Kier molecular flexibility index (Phi) is 8.76. The number of ether oxygens (including phenoxy) is 1. The second-order valence-electron chi connectivity index (χ2n) is 14.7. The van der Waals surface area contributed by atoms with Crippen LogP contribution < -0.4 is 15.4 Å². The summed E-state index contributed by atoms with van der Waals surface area (Å²) in [6.45, 7) is 6.94.